The molecule has 0 bridgehead atoms. The number of nitro groups is 1. The molecule has 3 aromatic rings. The molecular formula is C20H18N3O4S+. The number of rotatable bonds is 7. The van der Waals surface area contributed by atoms with Gasteiger partial charge in [0.1, 0.15) is 5.76 Å². The first-order valence-electron chi connectivity index (χ1n) is 8.52. The Hall–Kier alpha value is -3.39. The third-order valence-electron chi connectivity index (χ3n) is 4.24. The van der Waals surface area contributed by atoms with Crippen molar-refractivity contribution in [3.05, 3.63) is 94.2 Å². The Balaban J connectivity index is 1.92. The summed E-state index contributed by atoms with van der Waals surface area (Å²) in [5.41, 5.74) is 0.613. The van der Waals surface area contributed by atoms with E-state index in [1.165, 1.54) is 6.07 Å². The second-order valence-corrected chi connectivity index (χ2v) is 6.58. The summed E-state index contributed by atoms with van der Waals surface area (Å²) in [5.74, 6) is 0.342. The van der Waals surface area contributed by atoms with Crippen molar-refractivity contribution in [2.24, 2.45) is 0 Å². The Kier molecular flexibility index (Phi) is 5.90. The highest BCUT2D eigenvalue weighted by Crippen LogP contribution is 2.22. The number of nitrogens with one attached hydrogen (secondary N) is 1. The minimum atomic E-state index is -0.839. The maximum Gasteiger partial charge on any atom is 0.273 e. The Labute approximate surface area is 166 Å². The summed E-state index contributed by atoms with van der Waals surface area (Å²) in [6.07, 6.45) is 5.01. The van der Waals surface area contributed by atoms with Gasteiger partial charge in [0, 0.05) is 29.3 Å². The van der Waals surface area contributed by atoms with Crippen LogP contribution in [-0.4, -0.2) is 15.7 Å². The Bertz CT molecular complexity index is 1000. The molecule has 1 atom stereocenters. The van der Waals surface area contributed by atoms with Crippen molar-refractivity contribution < 1.29 is 18.7 Å². The molecule has 1 aromatic carbocycles. The minimum absolute atomic E-state index is 0.0999. The Morgan fingerprint density at radius 3 is 2.64 bits per heavy atom. The number of aryl methyl sites for hydroxylation is 1. The number of nitro benzene ring substituents is 1. The van der Waals surface area contributed by atoms with Crippen LogP contribution >= 0.6 is 12.2 Å². The zero-order chi connectivity index (χ0) is 20.1. The lowest BCUT2D eigenvalue weighted by Crippen LogP contribution is -2.51. The van der Waals surface area contributed by atoms with E-state index in [0.29, 0.717) is 22.9 Å². The number of pyridine rings is 1. The van der Waals surface area contributed by atoms with E-state index >= 15 is 0 Å². The Morgan fingerprint density at radius 2 is 2.00 bits per heavy atom. The number of hydrogen-bond donors (Lipinski definition) is 1. The molecule has 0 aliphatic heterocycles. The highest BCUT2D eigenvalue weighted by molar-refractivity contribution is 7.80. The first kappa shape index (κ1) is 19.4. The van der Waals surface area contributed by atoms with E-state index in [-0.39, 0.29) is 17.0 Å². The van der Waals surface area contributed by atoms with E-state index in [4.69, 9.17) is 16.6 Å². The van der Waals surface area contributed by atoms with Gasteiger partial charge in [0.15, 0.2) is 17.4 Å². The van der Waals surface area contributed by atoms with E-state index in [2.05, 4.69) is 5.32 Å². The molecule has 8 heteroatoms. The van der Waals surface area contributed by atoms with Crippen LogP contribution < -0.4 is 9.88 Å². The van der Waals surface area contributed by atoms with Gasteiger partial charge in [-0.05, 0) is 19.1 Å². The van der Waals surface area contributed by atoms with Crippen LogP contribution in [0.3, 0.4) is 0 Å². The molecule has 2 aromatic heterocycles. The lowest BCUT2D eigenvalue weighted by Gasteiger charge is -2.14. The van der Waals surface area contributed by atoms with Crippen LogP contribution in [-0.2, 0) is 6.54 Å². The smallest absolute Gasteiger partial charge is 0.273 e. The van der Waals surface area contributed by atoms with Gasteiger partial charge in [0.25, 0.3) is 11.7 Å². The average molecular weight is 396 g/mol. The molecule has 0 radical (unpaired) electrons. The summed E-state index contributed by atoms with van der Waals surface area (Å²) in [6.45, 7) is 1.96. The molecule has 2 heterocycles. The fraction of sp³-hybridized carbons (Fsp3) is 0.150. The van der Waals surface area contributed by atoms with Crippen molar-refractivity contribution in [3.63, 3.8) is 0 Å². The molecule has 0 unspecified atom stereocenters. The molecule has 142 valence electrons. The summed E-state index contributed by atoms with van der Waals surface area (Å²) in [4.78, 5) is 24.3. The molecule has 0 amide bonds. The van der Waals surface area contributed by atoms with Crippen molar-refractivity contribution in [1.82, 2.24) is 5.32 Å². The van der Waals surface area contributed by atoms with Gasteiger partial charge in [0.05, 0.1) is 17.7 Å². The topological polar surface area (TPSA) is 89.3 Å². The summed E-state index contributed by atoms with van der Waals surface area (Å²) < 4.78 is 6.95. The van der Waals surface area contributed by atoms with E-state index < -0.39 is 11.0 Å². The minimum Gasteiger partial charge on any atom is -0.467 e. The van der Waals surface area contributed by atoms with Gasteiger partial charge >= 0.3 is 0 Å². The molecule has 1 N–H and O–H groups in total. The van der Waals surface area contributed by atoms with Crippen molar-refractivity contribution in [2.75, 3.05) is 0 Å². The van der Waals surface area contributed by atoms with E-state index in [0.717, 1.165) is 0 Å². The molecule has 0 aliphatic carbocycles. The predicted octanol–water partition coefficient (Wildman–Crippen LogP) is 3.32. The van der Waals surface area contributed by atoms with Crippen LogP contribution in [0.15, 0.2) is 71.6 Å². The second kappa shape index (κ2) is 8.53. The molecule has 0 spiro atoms. The number of benzene rings is 1. The molecular weight excluding hydrogens is 378 g/mol. The third-order valence-corrected chi connectivity index (χ3v) is 4.61. The van der Waals surface area contributed by atoms with Gasteiger partial charge in [-0.1, -0.05) is 30.4 Å². The fourth-order valence-corrected chi connectivity index (χ4v) is 3.08. The van der Waals surface area contributed by atoms with E-state index in [9.17, 15) is 14.9 Å². The van der Waals surface area contributed by atoms with E-state index in [1.54, 1.807) is 66.5 Å². The standard InChI is InChI=1S/C20H17N3O4S/c1-14-7-8-15(12-17(14)23(25)26)19(24)18(22-9-3-2-4-10-22)20(28)21-13-16-6-5-11-27-16/h2-12,18H,13H2,1H3/p+1/t18-/m0/s1. The summed E-state index contributed by atoms with van der Waals surface area (Å²) in [6, 6.07) is 12.6. The van der Waals surface area contributed by atoms with Crippen LogP contribution in [0.4, 0.5) is 5.69 Å². The lowest BCUT2D eigenvalue weighted by atomic mass is 10.0. The molecule has 3 rings (SSSR count). The lowest BCUT2D eigenvalue weighted by molar-refractivity contribution is -0.692. The molecule has 7 nitrogen and oxygen atoms in total. The molecule has 28 heavy (non-hydrogen) atoms. The average Bonchev–Trinajstić information content (AvgIpc) is 3.21. The van der Waals surface area contributed by atoms with Crippen LogP contribution in [0.5, 0.6) is 0 Å². The monoisotopic (exact) mass is 396 g/mol. The summed E-state index contributed by atoms with van der Waals surface area (Å²) in [7, 11) is 0. The van der Waals surface area contributed by atoms with Gasteiger partial charge in [-0.3, -0.25) is 14.9 Å². The largest absolute Gasteiger partial charge is 0.467 e. The fourth-order valence-electron chi connectivity index (χ4n) is 2.78. The zero-order valence-electron chi connectivity index (χ0n) is 15.1. The van der Waals surface area contributed by atoms with Gasteiger partial charge < -0.3 is 9.73 Å². The normalized spacial score (nSPS) is 11.6. The van der Waals surface area contributed by atoms with Crippen LogP contribution in [0, 0.1) is 17.0 Å². The molecule has 0 saturated heterocycles. The number of ketones is 1. The second-order valence-electron chi connectivity index (χ2n) is 6.15. The van der Waals surface area contributed by atoms with Crippen LogP contribution in [0.1, 0.15) is 27.7 Å². The number of carbonyl (C=O) groups is 1. The highest BCUT2D eigenvalue weighted by atomic mass is 32.1. The number of thiocarbonyl (C=S) groups is 1. The molecule has 0 fully saturated rings. The number of nitrogens with zero attached hydrogens (tertiary/aromatic N) is 2. The van der Waals surface area contributed by atoms with Crippen LogP contribution in [0.25, 0.3) is 0 Å². The molecule has 0 saturated carbocycles. The number of furan rings is 1. The summed E-state index contributed by atoms with van der Waals surface area (Å²) >= 11 is 5.49. The Morgan fingerprint density at radius 1 is 1.25 bits per heavy atom. The first-order valence-corrected chi connectivity index (χ1v) is 8.93. The summed E-state index contributed by atoms with van der Waals surface area (Å²) in [5, 5.41) is 14.3. The van der Waals surface area contributed by atoms with Gasteiger partial charge in [0.2, 0.25) is 5.78 Å². The third kappa shape index (κ3) is 4.29. The van der Waals surface area contributed by atoms with Crippen molar-refractivity contribution in [1.29, 1.82) is 0 Å². The SMILES string of the molecule is Cc1ccc(C(=O)[C@@H](C(=S)NCc2ccco2)[n+]2ccccc2)cc1[N+](=O)[O-]. The maximum atomic E-state index is 13.2. The van der Waals surface area contributed by atoms with Gasteiger partial charge in [-0.2, -0.15) is 4.57 Å². The van der Waals surface area contributed by atoms with E-state index in [1.807, 2.05) is 6.07 Å². The van der Waals surface area contributed by atoms with Gasteiger partial charge in [-0.25, -0.2) is 0 Å². The number of Topliss-reactive ketones (excluding diaryl/α,β-unsaturated/α-hetero) is 1. The number of aromatic nitrogens is 1. The quantitative estimate of drug-likeness (QED) is 0.217. The predicted molar refractivity (Wildman–Crippen MR) is 106 cm³/mol. The zero-order valence-corrected chi connectivity index (χ0v) is 15.9. The maximum absolute atomic E-state index is 13.2. The first-order chi connectivity index (χ1) is 13.5. The van der Waals surface area contributed by atoms with Gasteiger partial charge in [-0.15, -0.1) is 0 Å². The van der Waals surface area contributed by atoms with Crippen molar-refractivity contribution in [3.8, 4) is 0 Å². The van der Waals surface area contributed by atoms with Crippen molar-refractivity contribution in [2.45, 2.75) is 19.5 Å². The van der Waals surface area contributed by atoms with Crippen LogP contribution in [0.2, 0.25) is 0 Å². The highest BCUT2D eigenvalue weighted by Gasteiger charge is 2.34. The van der Waals surface area contributed by atoms with Crippen molar-refractivity contribution >= 4 is 28.7 Å². The number of hydrogen-bond acceptors (Lipinski definition) is 5. The number of carbonyl (C=O) groups excluding carboxylic acids is 1. The molecule has 0 aliphatic rings.